The molecule has 0 aromatic heterocycles. The molecule has 1 N–H and O–H groups in total. The molecule has 0 atom stereocenters. The maximum absolute atomic E-state index is 10.4. The van der Waals surface area contributed by atoms with Crippen molar-refractivity contribution in [2.45, 2.75) is 59.3 Å². The normalized spacial score (nSPS) is 12.2. The number of benzene rings is 1. The minimum Gasteiger partial charge on any atom is -0.507 e. The van der Waals surface area contributed by atoms with Crippen molar-refractivity contribution in [3.8, 4) is 5.75 Å². The minimum atomic E-state index is -0.0178. The molecule has 0 unspecified atom stereocenters. The molecule has 1 rings (SSSR count). The van der Waals surface area contributed by atoms with Crippen LogP contribution in [0, 0.1) is 6.92 Å². The number of hydrogen-bond acceptors (Lipinski definition) is 1. The Morgan fingerprint density at radius 2 is 1.12 bits per heavy atom. The van der Waals surface area contributed by atoms with Gasteiger partial charge in [0.15, 0.2) is 0 Å². The molecule has 0 heterocycles. The Hall–Kier alpha value is -0.214. The zero-order valence-electron chi connectivity index (χ0n) is 12.3. The van der Waals surface area contributed by atoms with E-state index in [1.807, 2.05) is 0 Å². The van der Waals surface area contributed by atoms with Gasteiger partial charge in [0.25, 0.3) is 0 Å². The van der Waals surface area contributed by atoms with Gasteiger partial charge >= 0.3 is 23.1 Å². The Morgan fingerprint density at radius 1 is 0.824 bits per heavy atom. The number of aromatic hydroxyl groups is 1. The quantitative estimate of drug-likeness (QED) is 0.686. The molecule has 0 saturated heterocycles. The van der Waals surface area contributed by atoms with E-state index in [0.29, 0.717) is 5.75 Å². The van der Waals surface area contributed by atoms with E-state index < -0.39 is 0 Å². The SMILES string of the molecule is Cc1cc(C(C)(C)C)c(O)c(C(C)(C)C)c1.[Mg+2]. The van der Waals surface area contributed by atoms with Crippen molar-refractivity contribution in [1.82, 2.24) is 0 Å². The molecule has 0 radical (unpaired) electrons. The van der Waals surface area contributed by atoms with E-state index in [4.69, 9.17) is 0 Å². The fraction of sp³-hybridized carbons (Fsp3) is 0.600. The summed E-state index contributed by atoms with van der Waals surface area (Å²) in [7, 11) is 0. The third-order valence-corrected chi connectivity index (χ3v) is 2.87. The minimum absolute atomic E-state index is 0. The van der Waals surface area contributed by atoms with Gasteiger partial charge in [-0.05, 0) is 28.9 Å². The largest absolute Gasteiger partial charge is 2.00 e. The molecule has 1 aromatic rings. The topological polar surface area (TPSA) is 20.2 Å². The zero-order chi connectivity index (χ0) is 12.7. The summed E-state index contributed by atoms with van der Waals surface area (Å²) in [6, 6.07) is 4.18. The first kappa shape index (κ1) is 16.8. The second kappa shape index (κ2) is 5.19. The molecule has 0 aliphatic carbocycles. The van der Waals surface area contributed by atoms with Gasteiger partial charge in [0.2, 0.25) is 0 Å². The molecular formula is C15H24MgO+2. The van der Waals surface area contributed by atoms with E-state index in [1.54, 1.807) is 0 Å². The molecule has 0 spiro atoms. The first-order valence-electron chi connectivity index (χ1n) is 5.88. The first-order valence-corrected chi connectivity index (χ1v) is 5.88. The Morgan fingerprint density at radius 3 is 1.35 bits per heavy atom. The number of phenols is 1. The van der Waals surface area contributed by atoms with Crippen LogP contribution in [0.3, 0.4) is 0 Å². The van der Waals surface area contributed by atoms with Crippen LogP contribution in [0.2, 0.25) is 0 Å². The van der Waals surface area contributed by atoms with Crippen LogP contribution >= 0.6 is 0 Å². The van der Waals surface area contributed by atoms with Crippen molar-refractivity contribution in [3.63, 3.8) is 0 Å². The molecule has 0 fully saturated rings. The van der Waals surface area contributed by atoms with Crippen molar-refractivity contribution in [3.05, 3.63) is 28.8 Å². The van der Waals surface area contributed by atoms with E-state index in [-0.39, 0.29) is 33.9 Å². The summed E-state index contributed by atoms with van der Waals surface area (Å²) in [5.74, 6) is 0.464. The number of phenolic OH excluding ortho intramolecular Hbond substituents is 1. The zero-order valence-corrected chi connectivity index (χ0v) is 13.7. The van der Waals surface area contributed by atoms with Crippen molar-refractivity contribution in [2.24, 2.45) is 0 Å². The second-order valence-corrected chi connectivity index (χ2v) is 6.71. The molecule has 90 valence electrons. The average molecular weight is 245 g/mol. The summed E-state index contributed by atoms with van der Waals surface area (Å²) in [5, 5.41) is 10.4. The van der Waals surface area contributed by atoms with Gasteiger partial charge < -0.3 is 5.11 Å². The first-order chi connectivity index (χ1) is 7.03. The Labute approximate surface area is 122 Å². The van der Waals surface area contributed by atoms with Crippen molar-refractivity contribution >= 4 is 23.1 Å². The molecule has 1 nitrogen and oxygen atoms in total. The summed E-state index contributed by atoms with van der Waals surface area (Å²) < 4.78 is 0. The van der Waals surface area contributed by atoms with Crippen molar-refractivity contribution < 1.29 is 5.11 Å². The van der Waals surface area contributed by atoms with Gasteiger partial charge in [-0.15, -0.1) is 0 Å². The Balaban J connectivity index is 0.00000256. The van der Waals surface area contributed by atoms with Crippen LogP contribution in [0.5, 0.6) is 5.75 Å². The molecule has 0 bridgehead atoms. The summed E-state index contributed by atoms with van der Waals surface area (Å²) in [4.78, 5) is 0. The van der Waals surface area contributed by atoms with Gasteiger partial charge in [0.05, 0.1) is 0 Å². The van der Waals surface area contributed by atoms with Gasteiger partial charge in [-0.2, -0.15) is 0 Å². The standard InChI is InChI=1S/C15H24O.Mg/c1-10-8-11(14(2,3)4)13(16)12(9-10)15(5,6)7;/h8-9,16H,1-7H3;/q;+2. The monoisotopic (exact) mass is 244 g/mol. The maximum atomic E-state index is 10.4. The van der Waals surface area contributed by atoms with Crippen LogP contribution in [0.25, 0.3) is 0 Å². The van der Waals surface area contributed by atoms with Crippen LogP contribution < -0.4 is 0 Å². The second-order valence-electron chi connectivity index (χ2n) is 6.71. The van der Waals surface area contributed by atoms with Crippen molar-refractivity contribution in [1.29, 1.82) is 0 Å². The molecule has 0 aliphatic heterocycles. The predicted octanol–water partition coefficient (Wildman–Crippen LogP) is 3.91. The summed E-state index contributed by atoms with van der Waals surface area (Å²) in [5.41, 5.74) is 3.26. The van der Waals surface area contributed by atoms with Crippen LogP contribution in [-0.4, -0.2) is 28.2 Å². The van der Waals surface area contributed by atoms with E-state index >= 15 is 0 Å². The summed E-state index contributed by atoms with van der Waals surface area (Å²) >= 11 is 0. The summed E-state index contributed by atoms with van der Waals surface area (Å²) in [6.45, 7) is 14.9. The van der Waals surface area contributed by atoms with Crippen LogP contribution in [-0.2, 0) is 10.8 Å². The third-order valence-electron chi connectivity index (χ3n) is 2.87. The van der Waals surface area contributed by atoms with Gasteiger partial charge in [-0.3, -0.25) is 0 Å². The van der Waals surface area contributed by atoms with E-state index in [9.17, 15) is 5.11 Å². The molecule has 0 aliphatic rings. The van der Waals surface area contributed by atoms with E-state index in [2.05, 4.69) is 60.6 Å². The molecule has 17 heavy (non-hydrogen) atoms. The third kappa shape index (κ3) is 3.89. The Bertz CT molecular complexity index is 359. The van der Waals surface area contributed by atoms with Gasteiger partial charge in [0.1, 0.15) is 5.75 Å². The molecule has 0 saturated carbocycles. The summed E-state index contributed by atoms with van der Waals surface area (Å²) in [6.07, 6.45) is 0. The maximum Gasteiger partial charge on any atom is 2.00 e. The Kier molecular flexibility index (Phi) is 5.13. The van der Waals surface area contributed by atoms with Gasteiger partial charge in [-0.25, -0.2) is 0 Å². The molecule has 2 heteroatoms. The molecular weight excluding hydrogens is 220 g/mol. The van der Waals surface area contributed by atoms with Gasteiger partial charge in [-0.1, -0.05) is 59.2 Å². The van der Waals surface area contributed by atoms with Crippen LogP contribution in [0.1, 0.15) is 58.2 Å². The van der Waals surface area contributed by atoms with Crippen molar-refractivity contribution in [2.75, 3.05) is 0 Å². The van der Waals surface area contributed by atoms with Gasteiger partial charge in [0, 0.05) is 0 Å². The average Bonchev–Trinajstić information content (AvgIpc) is 2.04. The number of aryl methyl sites for hydroxylation is 1. The molecule has 0 amide bonds. The smallest absolute Gasteiger partial charge is 0.507 e. The number of hydrogen-bond donors (Lipinski definition) is 1. The number of rotatable bonds is 0. The fourth-order valence-electron chi connectivity index (χ4n) is 1.92. The fourth-order valence-corrected chi connectivity index (χ4v) is 1.92. The molecule has 1 aromatic carbocycles. The van der Waals surface area contributed by atoms with Crippen LogP contribution in [0.15, 0.2) is 12.1 Å². The van der Waals surface area contributed by atoms with Crippen LogP contribution in [0.4, 0.5) is 0 Å². The predicted molar refractivity (Wildman–Crippen MR) is 76.0 cm³/mol. The van der Waals surface area contributed by atoms with E-state index in [1.165, 1.54) is 5.56 Å². The van der Waals surface area contributed by atoms with E-state index in [0.717, 1.165) is 11.1 Å².